The van der Waals surface area contributed by atoms with Crippen LogP contribution < -0.4 is 10.9 Å². The first kappa shape index (κ1) is 14.7. The molecule has 0 fully saturated rings. The zero-order chi connectivity index (χ0) is 16.4. The van der Waals surface area contributed by atoms with Gasteiger partial charge < -0.3 is 0 Å². The second kappa shape index (κ2) is 5.85. The average Bonchev–Trinajstić information content (AvgIpc) is 3.00. The Labute approximate surface area is 133 Å². The SMILES string of the molecule is O=C(NNc1ccc2nncn2n1)c1ccc(Cl)c([N+](=O)[O-])c1. The first-order valence-electron chi connectivity index (χ1n) is 6.22. The van der Waals surface area contributed by atoms with E-state index in [1.807, 2.05) is 0 Å². The van der Waals surface area contributed by atoms with Crippen LogP contribution in [0, 0.1) is 10.1 Å². The van der Waals surface area contributed by atoms with Gasteiger partial charge in [0, 0.05) is 11.6 Å². The van der Waals surface area contributed by atoms with Gasteiger partial charge in [-0.15, -0.1) is 15.3 Å². The number of nitrogens with one attached hydrogen (secondary N) is 2. The van der Waals surface area contributed by atoms with E-state index < -0.39 is 10.8 Å². The van der Waals surface area contributed by atoms with E-state index in [0.29, 0.717) is 11.5 Å². The number of nitro groups is 1. The van der Waals surface area contributed by atoms with Crippen molar-refractivity contribution in [2.24, 2.45) is 0 Å². The lowest BCUT2D eigenvalue weighted by molar-refractivity contribution is -0.384. The summed E-state index contributed by atoms with van der Waals surface area (Å²) in [5, 5.41) is 22.4. The fraction of sp³-hybridized carbons (Fsp3) is 0. The van der Waals surface area contributed by atoms with Gasteiger partial charge in [-0.2, -0.15) is 4.52 Å². The molecule has 2 heterocycles. The topological polar surface area (TPSA) is 127 Å². The van der Waals surface area contributed by atoms with Crippen molar-refractivity contribution in [3.05, 3.63) is 57.4 Å². The summed E-state index contributed by atoms with van der Waals surface area (Å²) in [6.45, 7) is 0. The van der Waals surface area contributed by atoms with E-state index in [0.717, 1.165) is 6.07 Å². The first-order valence-corrected chi connectivity index (χ1v) is 6.60. The summed E-state index contributed by atoms with van der Waals surface area (Å²) in [6.07, 6.45) is 1.41. The van der Waals surface area contributed by atoms with Crippen molar-refractivity contribution in [2.75, 3.05) is 5.43 Å². The molecule has 23 heavy (non-hydrogen) atoms. The number of carbonyl (C=O) groups excluding carboxylic acids is 1. The standard InChI is InChI=1S/C12H8ClN7O3/c13-8-2-1-7(5-9(8)20(22)23)12(21)17-15-10-3-4-11-16-14-6-19(11)18-10/h1-6H,(H,15,18)(H,17,21). The maximum absolute atomic E-state index is 12.0. The normalized spacial score (nSPS) is 10.5. The van der Waals surface area contributed by atoms with Crippen LogP contribution in [-0.4, -0.2) is 30.6 Å². The maximum Gasteiger partial charge on any atom is 0.288 e. The van der Waals surface area contributed by atoms with Crippen molar-refractivity contribution in [1.82, 2.24) is 25.2 Å². The number of fused-ring (bicyclic) bond motifs is 1. The lowest BCUT2D eigenvalue weighted by Gasteiger charge is -2.08. The second-order valence-electron chi connectivity index (χ2n) is 4.35. The molecule has 0 aliphatic carbocycles. The number of hydrogen-bond donors (Lipinski definition) is 2. The number of hydrazine groups is 1. The van der Waals surface area contributed by atoms with Gasteiger partial charge in [0.2, 0.25) is 0 Å². The molecule has 3 aromatic rings. The summed E-state index contributed by atoms with van der Waals surface area (Å²) < 4.78 is 1.42. The van der Waals surface area contributed by atoms with Crippen molar-refractivity contribution >= 4 is 34.7 Å². The summed E-state index contributed by atoms with van der Waals surface area (Å²) in [6, 6.07) is 7.00. The third-order valence-electron chi connectivity index (χ3n) is 2.87. The number of carbonyl (C=O) groups is 1. The minimum absolute atomic E-state index is 0.0424. The van der Waals surface area contributed by atoms with Gasteiger partial charge in [0.25, 0.3) is 11.6 Å². The number of benzene rings is 1. The van der Waals surface area contributed by atoms with Crippen molar-refractivity contribution < 1.29 is 9.72 Å². The highest BCUT2D eigenvalue weighted by Gasteiger charge is 2.16. The van der Waals surface area contributed by atoms with E-state index in [2.05, 4.69) is 26.1 Å². The van der Waals surface area contributed by atoms with Crippen LogP contribution in [0.4, 0.5) is 11.5 Å². The second-order valence-corrected chi connectivity index (χ2v) is 4.76. The summed E-state index contributed by atoms with van der Waals surface area (Å²) >= 11 is 5.70. The molecule has 0 atom stereocenters. The molecule has 11 heteroatoms. The van der Waals surface area contributed by atoms with Gasteiger partial charge in [-0.3, -0.25) is 25.8 Å². The molecule has 0 aliphatic rings. The maximum atomic E-state index is 12.0. The largest absolute Gasteiger partial charge is 0.288 e. The fourth-order valence-electron chi connectivity index (χ4n) is 1.78. The minimum atomic E-state index is -0.659. The lowest BCUT2D eigenvalue weighted by Crippen LogP contribution is -2.30. The molecular formula is C12H8ClN7O3. The molecule has 3 rings (SSSR count). The quantitative estimate of drug-likeness (QED) is 0.546. The van der Waals surface area contributed by atoms with E-state index in [-0.39, 0.29) is 16.3 Å². The highest BCUT2D eigenvalue weighted by Crippen LogP contribution is 2.24. The number of aromatic nitrogens is 4. The van der Waals surface area contributed by atoms with Gasteiger partial charge in [-0.25, -0.2) is 0 Å². The first-order chi connectivity index (χ1) is 11.0. The number of halogens is 1. The summed E-state index contributed by atoms with van der Waals surface area (Å²) in [4.78, 5) is 22.2. The van der Waals surface area contributed by atoms with Crippen molar-refractivity contribution in [2.45, 2.75) is 0 Å². The third kappa shape index (κ3) is 3.01. The Bertz CT molecular complexity index is 911. The Balaban J connectivity index is 1.74. The summed E-state index contributed by atoms with van der Waals surface area (Å²) in [5.74, 6) is -0.232. The number of nitro benzene ring substituents is 1. The molecule has 2 aromatic heterocycles. The smallest absolute Gasteiger partial charge is 0.280 e. The van der Waals surface area contributed by atoms with E-state index in [1.54, 1.807) is 12.1 Å². The molecule has 0 spiro atoms. The van der Waals surface area contributed by atoms with Gasteiger partial charge in [0.05, 0.1) is 4.92 Å². The Hall–Kier alpha value is -3.27. The van der Waals surface area contributed by atoms with Crippen LogP contribution in [0.5, 0.6) is 0 Å². The molecular weight excluding hydrogens is 326 g/mol. The molecule has 0 saturated heterocycles. The fourth-order valence-corrected chi connectivity index (χ4v) is 1.97. The van der Waals surface area contributed by atoms with Crippen LogP contribution in [0.25, 0.3) is 5.65 Å². The highest BCUT2D eigenvalue weighted by molar-refractivity contribution is 6.32. The Morgan fingerprint density at radius 1 is 1.30 bits per heavy atom. The van der Waals surface area contributed by atoms with Crippen LogP contribution >= 0.6 is 11.6 Å². The predicted octanol–water partition coefficient (Wildman–Crippen LogP) is 1.44. The molecule has 0 unspecified atom stereocenters. The van der Waals surface area contributed by atoms with Crippen molar-refractivity contribution in [3.8, 4) is 0 Å². The van der Waals surface area contributed by atoms with Crippen LogP contribution in [0.15, 0.2) is 36.7 Å². The van der Waals surface area contributed by atoms with Crippen molar-refractivity contribution in [1.29, 1.82) is 0 Å². The monoisotopic (exact) mass is 333 g/mol. The molecule has 0 bridgehead atoms. The van der Waals surface area contributed by atoms with Gasteiger partial charge in [-0.05, 0) is 24.3 Å². The van der Waals surface area contributed by atoms with Crippen LogP contribution in [0.2, 0.25) is 5.02 Å². The predicted molar refractivity (Wildman–Crippen MR) is 80.0 cm³/mol. The van der Waals surface area contributed by atoms with E-state index in [1.165, 1.54) is 23.0 Å². The van der Waals surface area contributed by atoms with Gasteiger partial charge in [0.1, 0.15) is 11.3 Å². The van der Waals surface area contributed by atoms with E-state index in [9.17, 15) is 14.9 Å². The molecule has 116 valence electrons. The molecule has 1 aromatic carbocycles. The van der Waals surface area contributed by atoms with Gasteiger partial charge in [-0.1, -0.05) is 11.6 Å². The minimum Gasteiger partial charge on any atom is -0.280 e. The van der Waals surface area contributed by atoms with E-state index >= 15 is 0 Å². The van der Waals surface area contributed by atoms with E-state index in [4.69, 9.17) is 11.6 Å². The van der Waals surface area contributed by atoms with Crippen LogP contribution in [0.3, 0.4) is 0 Å². The zero-order valence-electron chi connectivity index (χ0n) is 11.3. The number of anilines is 1. The molecule has 2 N–H and O–H groups in total. The Morgan fingerprint density at radius 2 is 2.13 bits per heavy atom. The Morgan fingerprint density at radius 3 is 2.91 bits per heavy atom. The zero-order valence-corrected chi connectivity index (χ0v) is 12.1. The molecule has 0 radical (unpaired) electrons. The molecule has 10 nitrogen and oxygen atoms in total. The number of amides is 1. The number of nitrogens with zero attached hydrogens (tertiary/aromatic N) is 5. The molecule has 0 saturated carbocycles. The average molecular weight is 334 g/mol. The van der Waals surface area contributed by atoms with Crippen LogP contribution in [0.1, 0.15) is 10.4 Å². The number of rotatable bonds is 4. The van der Waals surface area contributed by atoms with Crippen molar-refractivity contribution in [3.63, 3.8) is 0 Å². The molecule has 1 amide bonds. The van der Waals surface area contributed by atoms with Gasteiger partial charge >= 0.3 is 0 Å². The lowest BCUT2D eigenvalue weighted by atomic mass is 10.2. The Kier molecular flexibility index (Phi) is 3.73. The third-order valence-corrected chi connectivity index (χ3v) is 3.19. The summed E-state index contributed by atoms with van der Waals surface area (Å²) in [5.41, 5.74) is 5.27. The number of hydrogen-bond acceptors (Lipinski definition) is 7. The van der Waals surface area contributed by atoms with Gasteiger partial charge in [0.15, 0.2) is 11.5 Å². The van der Waals surface area contributed by atoms with Crippen LogP contribution in [-0.2, 0) is 0 Å². The molecule has 0 aliphatic heterocycles. The summed E-state index contributed by atoms with van der Waals surface area (Å²) in [7, 11) is 0. The highest BCUT2D eigenvalue weighted by atomic mass is 35.5.